The Morgan fingerprint density at radius 3 is 2.72 bits per heavy atom. The van der Waals surface area contributed by atoms with Crippen LogP contribution in [0.2, 0.25) is 0 Å². The molecule has 1 heterocycles. The van der Waals surface area contributed by atoms with E-state index in [2.05, 4.69) is 11.8 Å². The maximum absolute atomic E-state index is 5.77. The lowest BCUT2D eigenvalue weighted by atomic mass is 10.2. The van der Waals surface area contributed by atoms with Gasteiger partial charge in [0.15, 0.2) is 11.5 Å². The maximum atomic E-state index is 5.77. The molecular weight excluding hydrogens is 226 g/mol. The summed E-state index contributed by atoms with van der Waals surface area (Å²) >= 11 is 0. The lowest BCUT2D eigenvalue weighted by Gasteiger charge is -2.20. The van der Waals surface area contributed by atoms with E-state index in [4.69, 9.17) is 9.47 Å². The third kappa shape index (κ3) is 3.39. The molecule has 1 aromatic rings. The fourth-order valence-electron chi connectivity index (χ4n) is 2.51. The van der Waals surface area contributed by atoms with Crippen LogP contribution in [0, 0.1) is 0 Å². The van der Waals surface area contributed by atoms with Crippen LogP contribution in [0.5, 0.6) is 11.5 Å². The SMILES string of the molecule is COc1ccccc1OCCCN1CCCC1C. The van der Waals surface area contributed by atoms with Crippen LogP contribution < -0.4 is 9.47 Å². The summed E-state index contributed by atoms with van der Waals surface area (Å²) in [6.45, 7) is 5.45. The molecule has 3 heteroatoms. The van der Waals surface area contributed by atoms with E-state index in [1.54, 1.807) is 7.11 Å². The summed E-state index contributed by atoms with van der Waals surface area (Å²) in [6, 6.07) is 8.56. The number of methoxy groups -OCH3 is 1. The summed E-state index contributed by atoms with van der Waals surface area (Å²) in [5, 5.41) is 0. The van der Waals surface area contributed by atoms with Gasteiger partial charge in [0.25, 0.3) is 0 Å². The van der Waals surface area contributed by atoms with Gasteiger partial charge in [0.1, 0.15) is 0 Å². The number of likely N-dealkylation sites (tertiary alicyclic amines) is 1. The van der Waals surface area contributed by atoms with Crippen molar-refractivity contribution in [1.82, 2.24) is 4.90 Å². The molecule has 18 heavy (non-hydrogen) atoms. The van der Waals surface area contributed by atoms with Gasteiger partial charge in [-0.05, 0) is 44.9 Å². The molecule has 0 spiro atoms. The summed E-state index contributed by atoms with van der Waals surface area (Å²) in [5.74, 6) is 1.65. The Morgan fingerprint density at radius 2 is 2.06 bits per heavy atom. The largest absolute Gasteiger partial charge is 0.493 e. The molecule has 1 aromatic carbocycles. The molecule has 1 atom stereocenters. The molecule has 3 nitrogen and oxygen atoms in total. The van der Waals surface area contributed by atoms with Gasteiger partial charge in [-0.1, -0.05) is 12.1 Å². The molecule has 1 fully saturated rings. The van der Waals surface area contributed by atoms with Crippen LogP contribution >= 0.6 is 0 Å². The Balaban J connectivity index is 1.71. The zero-order valence-corrected chi connectivity index (χ0v) is 11.4. The number of para-hydroxylation sites is 2. The van der Waals surface area contributed by atoms with Gasteiger partial charge >= 0.3 is 0 Å². The third-order valence-electron chi connectivity index (χ3n) is 3.61. The van der Waals surface area contributed by atoms with E-state index in [-0.39, 0.29) is 0 Å². The van der Waals surface area contributed by atoms with Crippen molar-refractivity contribution in [3.05, 3.63) is 24.3 Å². The van der Waals surface area contributed by atoms with Gasteiger partial charge in [-0.2, -0.15) is 0 Å². The summed E-state index contributed by atoms with van der Waals surface area (Å²) in [6.07, 6.45) is 3.75. The molecule has 0 amide bonds. The van der Waals surface area contributed by atoms with Crippen LogP contribution in [-0.2, 0) is 0 Å². The van der Waals surface area contributed by atoms with Gasteiger partial charge < -0.3 is 14.4 Å². The van der Waals surface area contributed by atoms with Crippen molar-refractivity contribution < 1.29 is 9.47 Å². The lowest BCUT2D eigenvalue weighted by molar-refractivity contribution is 0.226. The predicted octanol–water partition coefficient (Wildman–Crippen LogP) is 2.95. The van der Waals surface area contributed by atoms with Crippen molar-refractivity contribution in [1.29, 1.82) is 0 Å². The first kappa shape index (κ1) is 13.2. The minimum atomic E-state index is 0.747. The molecule has 0 bridgehead atoms. The van der Waals surface area contributed by atoms with Crippen LogP contribution in [0.3, 0.4) is 0 Å². The summed E-state index contributed by atoms with van der Waals surface area (Å²) < 4.78 is 11.0. The van der Waals surface area contributed by atoms with E-state index in [0.29, 0.717) is 0 Å². The standard InChI is InChI=1S/C15H23NO2/c1-13-7-5-10-16(13)11-6-12-18-15-9-4-3-8-14(15)17-2/h3-4,8-9,13H,5-7,10-12H2,1-2H3. The van der Waals surface area contributed by atoms with Crippen molar-refractivity contribution in [2.75, 3.05) is 26.8 Å². The minimum Gasteiger partial charge on any atom is -0.493 e. The first-order chi connectivity index (χ1) is 8.81. The minimum absolute atomic E-state index is 0.747. The number of hydrogen-bond acceptors (Lipinski definition) is 3. The molecular formula is C15H23NO2. The molecule has 0 aliphatic carbocycles. The predicted molar refractivity (Wildman–Crippen MR) is 73.4 cm³/mol. The van der Waals surface area contributed by atoms with Crippen molar-refractivity contribution in [2.45, 2.75) is 32.2 Å². The third-order valence-corrected chi connectivity index (χ3v) is 3.61. The highest BCUT2D eigenvalue weighted by Gasteiger charge is 2.19. The second-order valence-corrected chi connectivity index (χ2v) is 4.88. The van der Waals surface area contributed by atoms with Crippen molar-refractivity contribution in [2.24, 2.45) is 0 Å². The fourth-order valence-corrected chi connectivity index (χ4v) is 2.51. The fraction of sp³-hybridized carbons (Fsp3) is 0.600. The topological polar surface area (TPSA) is 21.7 Å². The highest BCUT2D eigenvalue weighted by Crippen LogP contribution is 2.25. The van der Waals surface area contributed by atoms with Gasteiger partial charge in [-0.15, -0.1) is 0 Å². The maximum Gasteiger partial charge on any atom is 0.161 e. The number of ether oxygens (including phenoxy) is 2. The average molecular weight is 249 g/mol. The molecule has 1 unspecified atom stereocenters. The monoisotopic (exact) mass is 249 g/mol. The molecule has 0 radical (unpaired) electrons. The molecule has 100 valence electrons. The van der Waals surface area contributed by atoms with Crippen LogP contribution in [0.4, 0.5) is 0 Å². The normalized spacial score (nSPS) is 20.0. The Labute approximate surface area is 110 Å². The van der Waals surface area contributed by atoms with Crippen molar-refractivity contribution in [3.8, 4) is 11.5 Å². The quantitative estimate of drug-likeness (QED) is 0.724. The highest BCUT2D eigenvalue weighted by molar-refractivity contribution is 5.39. The van der Waals surface area contributed by atoms with Crippen molar-refractivity contribution in [3.63, 3.8) is 0 Å². The van der Waals surface area contributed by atoms with E-state index >= 15 is 0 Å². The molecule has 0 N–H and O–H groups in total. The van der Waals surface area contributed by atoms with E-state index < -0.39 is 0 Å². The highest BCUT2D eigenvalue weighted by atomic mass is 16.5. The summed E-state index contributed by atoms with van der Waals surface area (Å²) in [4.78, 5) is 2.55. The van der Waals surface area contributed by atoms with E-state index in [0.717, 1.165) is 37.1 Å². The summed E-state index contributed by atoms with van der Waals surface area (Å²) in [7, 11) is 1.67. The number of rotatable bonds is 6. The molecule has 2 rings (SSSR count). The van der Waals surface area contributed by atoms with Gasteiger partial charge in [0.05, 0.1) is 13.7 Å². The zero-order chi connectivity index (χ0) is 12.8. The van der Waals surface area contributed by atoms with Crippen LogP contribution in [0.15, 0.2) is 24.3 Å². The van der Waals surface area contributed by atoms with Crippen LogP contribution in [-0.4, -0.2) is 37.7 Å². The van der Waals surface area contributed by atoms with Gasteiger partial charge in [-0.25, -0.2) is 0 Å². The second kappa shape index (κ2) is 6.64. The number of benzene rings is 1. The Kier molecular flexibility index (Phi) is 4.88. The Morgan fingerprint density at radius 1 is 1.28 bits per heavy atom. The van der Waals surface area contributed by atoms with E-state index in [1.165, 1.54) is 19.4 Å². The van der Waals surface area contributed by atoms with E-state index in [9.17, 15) is 0 Å². The van der Waals surface area contributed by atoms with Crippen LogP contribution in [0.25, 0.3) is 0 Å². The molecule has 0 saturated carbocycles. The summed E-state index contributed by atoms with van der Waals surface area (Å²) in [5.41, 5.74) is 0. The Hall–Kier alpha value is -1.22. The van der Waals surface area contributed by atoms with Gasteiger partial charge in [0.2, 0.25) is 0 Å². The first-order valence-corrected chi connectivity index (χ1v) is 6.81. The van der Waals surface area contributed by atoms with Gasteiger partial charge in [-0.3, -0.25) is 0 Å². The van der Waals surface area contributed by atoms with Gasteiger partial charge in [0, 0.05) is 12.6 Å². The molecule has 1 saturated heterocycles. The lowest BCUT2D eigenvalue weighted by Crippen LogP contribution is -2.28. The average Bonchev–Trinajstić information content (AvgIpc) is 2.81. The zero-order valence-electron chi connectivity index (χ0n) is 11.4. The number of hydrogen-bond donors (Lipinski definition) is 0. The molecule has 0 aromatic heterocycles. The smallest absolute Gasteiger partial charge is 0.161 e. The first-order valence-electron chi connectivity index (χ1n) is 6.81. The molecule has 1 aliphatic rings. The number of nitrogens with zero attached hydrogens (tertiary/aromatic N) is 1. The molecule has 1 aliphatic heterocycles. The van der Waals surface area contributed by atoms with Crippen molar-refractivity contribution >= 4 is 0 Å². The van der Waals surface area contributed by atoms with E-state index in [1.807, 2.05) is 24.3 Å². The van der Waals surface area contributed by atoms with Crippen LogP contribution in [0.1, 0.15) is 26.2 Å². The Bertz CT molecular complexity index is 367. The second-order valence-electron chi connectivity index (χ2n) is 4.88.